The van der Waals surface area contributed by atoms with Gasteiger partial charge in [0.2, 0.25) is 0 Å². The molecule has 0 aliphatic carbocycles. The van der Waals surface area contributed by atoms with Crippen molar-refractivity contribution in [3.05, 3.63) is 23.7 Å². The normalized spacial score (nSPS) is 20.6. The zero-order valence-corrected chi connectivity index (χ0v) is 23.7. The number of alkyl halides is 2. The third-order valence-electron chi connectivity index (χ3n) is 6.71. The van der Waals surface area contributed by atoms with Crippen molar-refractivity contribution in [1.82, 2.24) is 14.9 Å². The fourth-order valence-electron chi connectivity index (χ4n) is 4.86. The van der Waals surface area contributed by atoms with E-state index in [1.807, 2.05) is 31.1 Å². The maximum absolute atomic E-state index is 14.7. The molecule has 2 atom stereocenters. The number of ether oxygens (including phenoxy) is 2. The Morgan fingerprint density at radius 1 is 1.13 bits per heavy atom. The van der Waals surface area contributed by atoms with E-state index in [0.717, 1.165) is 43.7 Å². The Labute approximate surface area is 228 Å². The molecule has 0 spiro atoms. The third kappa shape index (κ3) is 5.17. The number of nitrogens with zero attached hydrogens (tertiary/aromatic N) is 4. The summed E-state index contributed by atoms with van der Waals surface area (Å²) in [5, 5.41) is 13.2. The van der Waals surface area contributed by atoms with Crippen molar-refractivity contribution in [3.63, 3.8) is 0 Å². The van der Waals surface area contributed by atoms with E-state index in [-0.39, 0.29) is 23.9 Å². The highest BCUT2D eigenvalue weighted by Crippen LogP contribution is 2.45. The van der Waals surface area contributed by atoms with E-state index in [0.29, 0.717) is 28.4 Å². The van der Waals surface area contributed by atoms with Gasteiger partial charge in [0.25, 0.3) is 0 Å². The van der Waals surface area contributed by atoms with Crippen molar-refractivity contribution in [2.24, 2.45) is 0 Å². The molecule has 2 unspecified atom stereocenters. The zero-order valence-electron chi connectivity index (χ0n) is 22.0. The second-order valence-corrected chi connectivity index (χ2v) is 13.2. The summed E-state index contributed by atoms with van der Waals surface area (Å²) in [4.78, 5) is 26.3. The SMILES string of the molecule is CC(C)(C)OC(=O)N1C2CCCC1CN(c1nc3c(-c4nccs4)ccc(OC(F)(F)C(C)(C)O)c3s1)C2. The molecule has 38 heavy (non-hydrogen) atoms. The summed E-state index contributed by atoms with van der Waals surface area (Å²) >= 11 is 2.70. The highest BCUT2D eigenvalue weighted by Gasteiger charge is 2.49. The number of piperidine rings is 1. The monoisotopic (exact) mass is 566 g/mol. The number of halogens is 2. The average molecular weight is 567 g/mol. The van der Waals surface area contributed by atoms with Gasteiger partial charge in [0, 0.05) is 30.2 Å². The topological polar surface area (TPSA) is 88.0 Å². The van der Waals surface area contributed by atoms with Crippen molar-refractivity contribution in [2.75, 3.05) is 18.0 Å². The van der Waals surface area contributed by atoms with E-state index < -0.39 is 17.3 Å². The van der Waals surface area contributed by atoms with Gasteiger partial charge < -0.3 is 19.5 Å². The van der Waals surface area contributed by atoms with Crippen LogP contribution < -0.4 is 9.64 Å². The molecule has 206 valence electrons. The van der Waals surface area contributed by atoms with Crippen LogP contribution in [-0.2, 0) is 4.74 Å². The molecule has 2 bridgehead atoms. The summed E-state index contributed by atoms with van der Waals surface area (Å²) in [6, 6.07) is 3.10. The predicted octanol–water partition coefficient (Wildman–Crippen LogP) is 6.14. The molecule has 1 amide bonds. The van der Waals surface area contributed by atoms with E-state index in [2.05, 4.69) is 9.88 Å². The van der Waals surface area contributed by atoms with Crippen LogP contribution in [-0.4, -0.2) is 68.6 Å². The lowest BCUT2D eigenvalue weighted by atomic mass is 9.92. The second kappa shape index (κ2) is 9.56. The summed E-state index contributed by atoms with van der Waals surface area (Å²) in [5.74, 6) is -0.0521. The van der Waals surface area contributed by atoms with Gasteiger partial charge >= 0.3 is 12.2 Å². The number of aliphatic hydroxyl groups is 1. The van der Waals surface area contributed by atoms with Crippen LogP contribution in [0.4, 0.5) is 18.7 Å². The molecule has 1 N–H and O–H groups in total. The van der Waals surface area contributed by atoms with Crippen molar-refractivity contribution in [3.8, 4) is 16.3 Å². The Balaban J connectivity index is 1.50. The van der Waals surface area contributed by atoms with Crippen LogP contribution >= 0.6 is 22.7 Å². The summed E-state index contributed by atoms with van der Waals surface area (Å²) in [7, 11) is 0. The summed E-state index contributed by atoms with van der Waals surface area (Å²) in [5.41, 5.74) is -1.72. The van der Waals surface area contributed by atoms with Crippen molar-refractivity contribution >= 4 is 44.1 Å². The molecule has 2 aliphatic heterocycles. The number of amides is 1. The van der Waals surface area contributed by atoms with Crippen LogP contribution in [0.25, 0.3) is 20.8 Å². The fraction of sp³-hybridized carbons (Fsp3) is 0.577. The fourth-order valence-corrected chi connectivity index (χ4v) is 6.58. The van der Waals surface area contributed by atoms with E-state index in [1.54, 1.807) is 12.3 Å². The van der Waals surface area contributed by atoms with E-state index >= 15 is 0 Å². The number of hydrogen-bond acceptors (Lipinski definition) is 9. The molecule has 2 aromatic heterocycles. The lowest BCUT2D eigenvalue weighted by Crippen LogP contribution is -2.63. The number of carbonyl (C=O) groups is 1. The van der Waals surface area contributed by atoms with Gasteiger partial charge in [-0.1, -0.05) is 11.3 Å². The highest BCUT2D eigenvalue weighted by atomic mass is 32.1. The quantitative estimate of drug-likeness (QED) is 0.397. The zero-order chi connectivity index (χ0) is 27.5. The standard InChI is InChI=1S/C26H32F2N4O4S2/c1-24(2,3)36-23(33)32-15-7-6-8-16(32)14-31(13-15)22-30-19-17(21-29-11-12-37-21)9-10-18(20(19)38-22)35-26(27,28)25(4,5)34/h9-12,15-16,34H,6-8,13-14H2,1-5H3. The summed E-state index contributed by atoms with van der Waals surface area (Å²) in [6.45, 7) is 8.73. The molecule has 8 nitrogen and oxygen atoms in total. The molecular formula is C26H32F2N4O4S2. The van der Waals surface area contributed by atoms with Gasteiger partial charge in [0.1, 0.15) is 16.4 Å². The number of carbonyl (C=O) groups excluding carboxylic acids is 1. The number of aromatic nitrogens is 2. The van der Waals surface area contributed by atoms with Gasteiger partial charge in [0.15, 0.2) is 10.7 Å². The molecule has 2 aliphatic rings. The Morgan fingerprint density at radius 3 is 2.39 bits per heavy atom. The molecular weight excluding hydrogens is 534 g/mol. The Bertz CT molecular complexity index is 1300. The average Bonchev–Trinajstić information content (AvgIpc) is 3.47. The Kier molecular flexibility index (Phi) is 6.80. The molecule has 0 saturated carbocycles. The Hall–Kier alpha value is -2.57. The first-order chi connectivity index (χ1) is 17.7. The van der Waals surface area contributed by atoms with Gasteiger partial charge in [-0.25, -0.2) is 14.8 Å². The first kappa shape index (κ1) is 27.0. The molecule has 5 rings (SSSR count). The number of benzene rings is 1. The first-order valence-corrected chi connectivity index (χ1v) is 14.3. The van der Waals surface area contributed by atoms with Crippen molar-refractivity contribution in [1.29, 1.82) is 0 Å². The van der Waals surface area contributed by atoms with Gasteiger partial charge in [0.05, 0.1) is 22.3 Å². The van der Waals surface area contributed by atoms with Crippen LogP contribution in [0.15, 0.2) is 23.7 Å². The van der Waals surface area contributed by atoms with E-state index in [9.17, 15) is 18.7 Å². The van der Waals surface area contributed by atoms with Gasteiger partial charge in [-0.2, -0.15) is 8.78 Å². The number of hydrogen-bond donors (Lipinski definition) is 1. The lowest BCUT2D eigenvalue weighted by molar-refractivity contribution is -0.275. The first-order valence-electron chi connectivity index (χ1n) is 12.6. The molecule has 4 heterocycles. The maximum Gasteiger partial charge on any atom is 0.426 e. The molecule has 12 heteroatoms. The maximum atomic E-state index is 14.7. The van der Waals surface area contributed by atoms with Gasteiger partial charge in [-0.15, -0.1) is 11.3 Å². The van der Waals surface area contributed by atoms with Crippen molar-refractivity contribution in [2.45, 2.75) is 83.3 Å². The molecule has 2 saturated heterocycles. The minimum absolute atomic E-state index is 0.0296. The molecule has 2 fully saturated rings. The summed E-state index contributed by atoms with van der Waals surface area (Å²) < 4.78 is 40.7. The number of anilines is 1. The predicted molar refractivity (Wildman–Crippen MR) is 144 cm³/mol. The summed E-state index contributed by atoms with van der Waals surface area (Å²) in [6.07, 6.45) is 0.306. The van der Waals surface area contributed by atoms with Gasteiger partial charge in [-0.05, 0) is 66.0 Å². The van der Waals surface area contributed by atoms with Crippen LogP contribution in [0.5, 0.6) is 5.75 Å². The smallest absolute Gasteiger partial charge is 0.426 e. The number of thiazole rings is 2. The minimum atomic E-state index is -3.82. The number of piperazine rings is 1. The van der Waals surface area contributed by atoms with Crippen LogP contribution in [0.3, 0.4) is 0 Å². The van der Waals surface area contributed by atoms with Crippen LogP contribution in [0.1, 0.15) is 53.9 Å². The van der Waals surface area contributed by atoms with Gasteiger partial charge in [-0.3, -0.25) is 4.90 Å². The lowest BCUT2D eigenvalue weighted by Gasteiger charge is -2.49. The second-order valence-electron chi connectivity index (χ2n) is 11.3. The Morgan fingerprint density at radius 2 is 1.82 bits per heavy atom. The molecule has 0 radical (unpaired) electrons. The van der Waals surface area contributed by atoms with Crippen LogP contribution in [0.2, 0.25) is 0 Å². The van der Waals surface area contributed by atoms with Crippen molar-refractivity contribution < 1.29 is 28.2 Å². The van der Waals surface area contributed by atoms with E-state index in [4.69, 9.17) is 14.5 Å². The number of rotatable bonds is 5. The largest absolute Gasteiger partial charge is 0.444 e. The molecule has 3 aromatic rings. The third-order valence-corrected chi connectivity index (χ3v) is 8.64. The number of fused-ring (bicyclic) bond motifs is 3. The van der Waals surface area contributed by atoms with Crippen LogP contribution in [0, 0.1) is 0 Å². The minimum Gasteiger partial charge on any atom is -0.444 e. The highest BCUT2D eigenvalue weighted by molar-refractivity contribution is 7.22. The molecule has 1 aromatic carbocycles. The van der Waals surface area contributed by atoms with E-state index in [1.165, 1.54) is 28.7 Å².